The van der Waals surface area contributed by atoms with Gasteiger partial charge in [0.2, 0.25) is 5.91 Å². The van der Waals surface area contributed by atoms with Gasteiger partial charge in [0, 0.05) is 18.7 Å². The Balaban J connectivity index is 1.61. The van der Waals surface area contributed by atoms with E-state index in [-0.39, 0.29) is 5.91 Å². The third-order valence-corrected chi connectivity index (χ3v) is 6.14. The van der Waals surface area contributed by atoms with Crippen molar-refractivity contribution in [3.8, 4) is 11.3 Å². The second-order valence-electron chi connectivity index (χ2n) is 7.36. The van der Waals surface area contributed by atoms with Gasteiger partial charge in [-0.3, -0.25) is 4.79 Å². The second kappa shape index (κ2) is 8.21. The molecule has 1 saturated heterocycles. The lowest BCUT2D eigenvalue weighted by molar-refractivity contribution is -0.129. The molecule has 3 rings (SSSR count). The summed E-state index contributed by atoms with van der Waals surface area (Å²) in [5, 5.41) is 9.50. The zero-order valence-electron chi connectivity index (χ0n) is 16.1. The number of thioether (sulfide) groups is 1. The van der Waals surface area contributed by atoms with Crippen LogP contribution in [0, 0.1) is 26.7 Å². The Bertz CT molecular complexity index is 781. The first-order chi connectivity index (χ1) is 12.4. The number of likely N-dealkylation sites (tertiary alicyclic amines) is 1. The van der Waals surface area contributed by atoms with Crippen molar-refractivity contribution in [2.75, 3.05) is 18.8 Å². The number of rotatable bonds is 4. The van der Waals surface area contributed by atoms with Crippen molar-refractivity contribution in [1.82, 2.24) is 15.1 Å². The van der Waals surface area contributed by atoms with Gasteiger partial charge < -0.3 is 4.90 Å². The first-order valence-electron chi connectivity index (χ1n) is 9.26. The number of benzene rings is 1. The zero-order valence-corrected chi connectivity index (χ0v) is 16.9. The number of carbonyl (C=O) groups excluding carboxylic acids is 1. The van der Waals surface area contributed by atoms with E-state index in [1.165, 1.54) is 28.5 Å². The molecule has 2 aromatic rings. The molecule has 0 N–H and O–H groups in total. The number of piperidine rings is 1. The molecule has 0 atom stereocenters. The summed E-state index contributed by atoms with van der Waals surface area (Å²) < 4.78 is 0. The number of aromatic nitrogens is 2. The van der Waals surface area contributed by atoms with Crippen molar-refractivity contribution < 1.29 is 4.79 Å². The van der Waals surface area contributed by atoms with Crippen LogP contribution in [-0.2, 0) is 4.79 Å². The Morgan fingerprint density at radius 2 is 1.77 bits per heavy atom. The fourth-order valence-electron chi connectivity index (χ4n) is 3.26. The summed E-state index contributed by atoms with van der Waals surface area (Å²) >= 11 is 1.47. The molecule has 1 aliphatic rings. The second-order valence-corrected chi connectivity index (χ2v) is 8.36. The number of nitrogens with zero attached hydrogens (tertiary/aromatic N) is 3. The largest absolute Gasteiger partial charge is 0.342 e. The fourth-order valence-corrected chi connectivity index (χ4v) is 3.98. The molecular weight excluding hydrogens is 342 g/mol. The van der Waals surface area contributed by atoms with Crippen LogP contribution < -0.4 is 0 Å². The molecule has 26 heavy (non-hydrogen) atoms. The average molecular weight is 370 g/mol. The number of aryl methyl sites for hydroxylation is 3. The molecule has 1 aromatic carbocycles. The van der Waals surface area contributed by atoms with Crippen LogP contribution in [0.1, 0.15) is 36.5 Å². The van der Waals surface area contributed by atoms with Crippen molar-refractivity contribution in [1.29, 1.82) is 0 Å². The highest BCUT2D eigenvalue weighted by molar-refractivity contribution is 7.99. The van der Waals surface area contributed by atoms with Gasteiger partial charge in [0.05, 0.1) is 11.4 Å². The third-order valence-electron chi connectivity index (χ3n) is 5.24. The normalized spacial score (nSPS) is 15.3. The van der Waals surface area contributed by atoms with Crippen molar-refractivity contribution in [2.45, 2.75) is 45.6 Å². The standard InChI is InChI=1S/C21H27N3OS/c1-14-7-9-24(10-8-14)21(25)13-26-20-6-5-19(22-23-20)18-12-16(3)15(2)11-17(18)4/h5-6,11-12,14H,7-10,13H2,1-4H3. The van der Waals surface area contributed by atoms with Crippen molar-refractivity contribution in [3.05, 3.63) is 41.0 Å². The summed E-state index contributed by atoms with van der Waals surface area (Å²) in [6.07, 6.45) is 2.22. The van der Waals surface area contributed by atoms with Crippen LogP contribution in [0.2, 0.25) is 0 Å². The predicted molar refractivity (Wildman–Crippen MR) is 107 cm³/mol. The van der Waals surface area contributed by atoms with E-state index in [4.69, 9.17) is 0 Å². The van der Waals surface area contributed by atoms with Crippen LogP contribution in [0.15, 0.2) is 29.3 Å². The van der Waals surface area contributed by atoms with Crippen molar-refractivity contribution >= 4 is 17.7 Å². The Morgan fingerprint density at radius 3 is 2.42 bits per heavy atom. The van der Waals surface area contributed by atoms with E-state index in [2.05, 4.69) is 50.0 Å². The number of carbonyl (C=O) groups is 1. The molecule has 1 aliphatic heterocycles. The summed E-state index contributed by atoms with van der Waals surface area (Å²) in [7, 11) is 0. The quantitative estimate of drug-likeness (QED) is 0.749. The van der Waals surface area contributed by atoms with E-state index in [1.54, 1.807) is 0 Å². The maximum atomic E-state index is 12.3. The zero-order chi connectivity index (χ0) is 18.7. The molecule has 1 fully saturated rings. The molecule has 0 aliphatic carbocycles. The van der Waals surface area contributed by atoms with Crippen molar-refractivity contribution in [3.63, 3.8) is 0 Å². The lowest BCUT2D eigenvalue weighted by atomic mass is 9.99. The van der Waals surface area contributed by atoms with E-state index in [9.17, 15) is 4.79 Å². The van der Waals surface area contributed by atoms with Gasteiger partial charge in [0.15, 0.2) is 0 Å². The van der Waals surface area contributed by atoms with Gasteiger partial charge >= 0.3 is 0 Å². The Hall–Kier alpha value is -1.88. The molecule has 2 heterocycles. The van der Waals surface area contributed by atoms with E-state index < -0.39 is 0 Å². The van der Waals surface area contributed by atoms with Gasteiger partial charge in [-0.25, -0.2) is 0 Å². The number of hydrogen-bond donors (Lipinski definition) is 0. The van der Waals surface area contributed by atoms with Crippen LogP contribution in [0.4, 0.5) is 0 Å². The first kappa shape index (κ1) is 18.9. The molecule has 5 heteroatoms. The topological polar surface area (TPSA) is 46.1 Å². The molecule has 0 spiro atoms. The Labute approximate surface area is 160 Å². The average Bonchev–Trinajstić information content (AvgIpc) is 2.64. The number of amides is 1. The molecule has 0 saturated carbocycles. The van der Waals surface area contributed by atoms with Gasteiger partial charge in [-0.05, 0) is 74.4 Å². The van der Waals surface area contributed by atoms with Gasteiger partial charge in [-0.15, -0.1) is 10.2 Å². The minimum atomic E-state index is 0.206. The monoisotopic (exact) mass is 369 g/mol. The highest BCUT2D eigenvalue weighted by atomic mass is 32.2. The predicted octanol–water partition coefficient (Wildman–Crippen LogP) is 4.42. The van der Waals surface area contributed by atoms with E-state index in [0.717, 1.165) is 48.1 Å². The molecule has 0 unspecified atom stereocenters. The summed E-state index contributed by atoms with van der Waals surface area (Å²) in [6.45, 7) is 10.4. The lowest BCUT2D eigenvalue weighted by Crippen LogP contribution is -2.38. The van der Waals surface area contributed by atoms with Crippen LogP contribution in [0.5, 0.6) is 0 Å². The summed E-state index contributed by atoms with van der Waals surface area (Å²) in [4.78, 5) is 14.3. The Morgan fingerprint density at radius 1 is 1.08 bits per heavy atom. The van der Waals surface area contributed by atoms with Crippen LogP contribution in [0.25, 0.3) is 11.3 Å². The number of hydrogen-bond acceptors (Lipinski definition) is 4. The highest BCUT2D eigenvalue weighted by Crippen LogP contribution is 2.26. The van der Waals surface area contributed by atoms with Crippen molar-refractivity contribution in [2.24, 2.45) is 5.92 Å². The maximum Gasteiger partial charge on any atom is 0.232 e. The molecule has 0 bridgehead atoms. The smallest absolute Gasteiger partial charge is 0.232 e. The maximum absolute atomic E-state index is 12.3. The minimum absolute atomic E-state index is 0.206. The molecular formula is C21H27N3OS. The SMILES string of the molecule is Cc1cc(C)c(-c2ccc(SCC(=O)N3CCC(C)CC3)nn2)cc1C. The lowest BCUT2D eigenvalue weighted by Gasteiger charge is -2.30. The van der Waals surface area contributed by atoms with Crippen LogP contribution >= 0.6 is 11.8 Å². The molecule has 1 amide bonds. The minimum Gasteiger partial charge on any atom is -0.342 e. The van der Waals surface area contributed by atoms with Gasteiger partial charge in [0.25, 0.3) is 0 Å². The van der Waals surface area contributed by atoms with Crippen LogP contribution in [-0.4, -0.2) is 39.8 Å². The van der Waals surface area contributed by atoms with Gasteiger partial charge in [-0.1, -0.05) is 24.8 Å². The van der Waals surface area contributed by atoms with E-state index in [0.29, 0.717) is 5.75 Å². The first-order valence-corrected chi connectivity index (χ1v) is 10.2. The third kappa shape index (κ3) is 4.44. The molecule has 138 valence electrons. The van der Waals surface area contributed by atoms with Gasteiger partial charge in [-0.2, -0.15) is 0 Å². The highest BCUT2D eigenvalue weighted by Gasteiger charge is 2.20. The van der Waals surface area contributed by atoms with Gasteiger partial charge in [0.1, 0.15) is 5.03 Å². The van der Waals surface area contributed by atoms with E-state index in [1.807, 2.05) is 17.0 Å². The molecule has 1 aromatic heterocycles. The van der Waals surface area contributed by atoms with Crippen LogP contribution in [0.3, 0.4) is 0 Å². The molecule has 0 radical (unpaired) electrons. The fraction of sp³-hybridized carbons (Fsp3) is 0.476. The summed E-state index contributed by atoms with van der Waals surface area (Å²) in [5.41, 5.74) is 5.75. The Kier molecular flexibility index (Phi) is 5.97. The summed E-state index contributed by atoms with van der Waals surface area (Å²) in [5.74, 6) is 1.38. The summed E-state index contributed by atoms with van der Waals surface area (Å²) in [6, 6.07) is 8.32. The molecule has 4 nitrogen and oxygen atoms in total. The van der Waals surface area contributed by atoms with E-state index >= 15 is 0 Å².